The van der Waals surface area contributed by atoms with Gasteiger partial charge in [0.15, 0.2) is 5.78 Å². The average molecular weight is 467 g/mol. The van der Waals surface area contributed by atoms with Gasteiger partial charge in [-0.25, -0.2) is 4.39 Å². The number of ketones is 1. The summed E-state index contributed by atoms with van der Waals surface area (Å²) in [6.07, 6.45) is 6.52. The summed E-state index contributed by atoms with van der Waals surface area (Å²) in [6, 6.07) is 22.9. The van der Waals surface area contributed by atoms with Crippen molar-refractivity contribution in [2.75, 3.05) is 0 Å². The summed E-state index contributed by atoms with van der Waals surface area (Å²) in [6.45, 7) is 0.560. The van der Waals surface area contributed by atoms with Crippen LogP contribution in [0.25, 0.3) is 6.08 Å². The molecule has 4 heteroatoms. The number of hydrogen-bond acceptors (Lipinski definition) is 2. The molecule has 0 aliphatic rings. The van der Waals surface area contributed by atoms with Crippen LogP contribution in [0.5, 0.6) is 5.75 Å². The summed E-state index contributed by atoms with van der Waals surface area (Å²) in [5.41, 5.74) is 3.18. The minimum atomic E-state index is -0.311. The third-order valence-corrected chi connectivity index (χ3v) is 5.32. The molecular formula is C26H24BrFO2. The Kier molecular flexibility index (Phi) is 8.40. The van der Waals surface area contributed by atoms with E-state index in [0.717, 1.165) is 36.1 Å². The fourth-order valence-electron chi connectivity index (χ4n) is 3.01. The number of allylic oxidation sites excluding steroid dienone is 1. The molecule has 0 aliphatic carbocycles. The molecule has 30 heavy (non-hydrogen) atoms. The third kappa shape index (κ3) is 7.27. The number of carbonyl (C=O) groups excluding carboxylic acids is 1. The van der Waals surface area contributed by atoms with Gasteiger partial charge in [-0.1, -0.05) is 54.6 Å². The van der Waals surface area contributed by atoms with E-state index in [0.29, 0.717) is 17.5 Å². The first kappa shape index (κ1) is 22.0. The maximum Gasteiger partial charge on any atom is 0.155 e. The SMILES string of the molecule is O=C(/C=C/c1ccc(F)c(Br)c1)CCCCc1ccc(OCc2ccccc2)cc1. The Bertz CT molecular complexity index is 982. The lowest BCUT2D eigenvalue weighted by Crippen LogP contribution is -1.96. The van der Waals surface area contributed by atoms with Crippen molar-refractivity contribution in [3.63, 3.8) is 0 Å². The molecule has 0 saturated heterocycles. The van der Waals surface area contributed by atoms with Gasteiger partial charge < -0.3 is 4.74 Å². The average Bonchev–Trinajstić information content (AvgIpc) is 2.77. The van der Waals surface area contributed by atoms with Crippen LogP contribution in [0.3, 0.4) is 0 Å². The van der Waals surface area contributed by atoms with Gasteiger partial charge in [-0.05, 0) is 82.2 Å². The predicted molar refractivity (Wildman–Crippen MR) is 123 cm³/mol. The highest BCUT2D eigenvalue weighted by atomic mass is 79.9. The molecule has 0 aliphatic heterocycles. The second kappa shape index (κ2) is 11.5. The molecule has 0 bridgehead atoms. The number of benzene rings is 3. The van der Waals surface area contributed by atoms with Crippen molar-refractivity contribution in [3.05, 3.63) is 106 Å². The number of halogens is 2. The Labute approximate surface area is 185 Å². The van der Waals surface area contributed by atoms with Gasteiger partial charge in [0.05, 0.1) is 4.47 Å². The molecule has 0 fully saturated rings. The zero-order chi connectivity index (χ0) is 21.2. The van der Waals surface area contributed by atoms with Crippen molar-refractivity contribution in [1.29, 1.82) is 0 Å². The fourth-order valence-corrected chi connectivity index (χ4v) is 3.41. The van der Waals surface area contributed by atoms with Gasteiger partial charge in [-0.2, -0.15) is 0 Å². The molecule has 0 atom stereocenters. The van der Waals surface area contributed by atoms with Gasteiger partial charge in [-0.3, -0.25) is 4.79 Å². The van der Waals surface area contributed by atoms with E-state index in [2.05, 4.69) is 28.1 Å². The Hall–Kier alpha value is -2.72. The van der Waals surface area contributed by atoms with Crippen LogP contribution >= 0.6 is 15.9 Å². The molecule has 154 valence electrons. The predicted octanol–water partition coefficient (Wildman–Crippen LogP) is 7.16. The van der Waals surface area contributed by atoms with E-state index in [1.165, 1.54) is 11.6 Å². The van der Waals surface area contributed by atoms with Crippen LogP contribution in [0.2, 0.25) is 0 Å². The first-order chi connectivity index (χ1) is 14.6. The van der Waals surface area contributed by atoms with Crippen molar-refractivity contribution >= 4 is 27.8 Å². The first-order valence-corrected chi connectivity index (χ1v) is 10.8. The molecule has 3 aromatic carbocycles. The van der Waals surface area contributed by atoms with Crippen molar-refractivity contribution in [2.45, 2.75) is 32.3 Å². The van der Waals surface area contributed by atoms with Crippen LogP contribution in [0.15, 0.2) is 83.3 Å². The molecule has 0 spiro atoms. The summed E-state index contributed by atoms with van der Waals surface area (Å²) in [5, 5.41) is 0. The second-order valence-corrected chi connectivity index (χ2v) is 7.95. The van der Waals surface area contributed by atoms with Crippen molar-refractivity contribution < 1.29 is 13.9 Å². The number of unbranched alkanes of at least 4 members (excludes halogenated alkanes) is 1. The Morgan fingerprint density at radius 2 is 1.70 bits per heavy atom. The summed E-state index contributed by atoms with van der Waals surface area (Å²) >= 11 is 3.15. The van der Waals surface area contributed by atoms with Crippen LogP contribution in [0.4, 0.5) is 4.39 Å². The highest BCUT2D eigenvalue weighted by Gasteiger charge is 2.02. The van der Waals surface area contributed by atoms with Gasteiger partial charge in [0.25, 0.3) is 0 Å². The van der Waals surface area contributed by atoms with Crippen LogP contribution in [-0.2, 0) is 17.8 Å². The van der Waals surface area contributed by atoms with E-state index in [1.54, 1.807) is 24.3 Å². The zero-order valence-electron chi connectivity index (χ0n) is 16.7. The number of rotatable bonds is 10. The minimum Gasteiger partial charge on any atom is -0.489 e. The Balaban J connectivity index is 1.36. The van der Waals surface area contributed by atoms with Gasteiger partial charge in [-0.15, -0.1) is 0 Å². The van der Waals surface area contributed by atoms with Crippen molar-refractivity contribution in [3.8, 4) is 5.75 Å². The molecule has 3 aromatic rings. The molecule has 0 saturated carbocycles. The number of hydrogen-bond donors (Lipinski definition) is 0. The summed E-state index contributed by atoms with van der Waals surface area (Å²) in [4.78, 5) is 12.0. The quantitative estimate of drug-likeness (QED) is 0.234. The zero-order valence-corrected chi connectivity index (χ0v) is 18.3. The van der Waals surface area contributed by atoms with Crippen molar-refractivity contribution in [1.82, 2.24) is 0 Å². The highest BCUT2D eigenvalue weighted by Crippen LogP contribution is 2.18. The van der Waals surface area contributed by atoms with E-state index >= 15 is 0 Å². The fraction of sp³-hybridized carbons (Fsp3) is 0.192. The summed E-state index contributed by atoms with van der Waals surface area (Å²) in [5.74, 6) is 0.629. The van der Waals surface area contributed by atoms with Gasteiger partial charge >= 0.3 is 0 Å². The molecule has 2 nitrogen and oxygen atoms in total. The van der Waals surface area contributed by atoms with Crippen LogP contribution in [-0.4, -0.2) is 5.78 Å². The lowest BCUT2D eigenvalue weighted by Gasteiger charge is -2.07. The molecule has 0 aromatic heterocycles. The first-order valence-electron chi connectivity index (χ1n) is 10.0. The number of aryl methyl sites for hydroxylation is 1. The summed E-state index contributed by atoms with van der Waals surface area (Å²) < 4.78 is 19.4. The molecule has 0 heterocycles. The topological polar surface area (TPSA) is 26.3 Å². The van der Waals surface area contributed by atoms with E-state index in [-0.39, 0.29) is 11.6 Å². The molecule has 0 radical (unpaired) electrons. The van der Waals surface area contributed by atoms with Gasteiger partial charge in [0.2, 0.25) is 0 Å². The van der Waals surface area contributed by atoms with Gasteiger partial charge in [0, 0.05) is 6.42 Å². The summed E-state index contributed by atoms with van der Waals surface area (Å²) in [7, 11) is 0. The number of ether oxygens (including phenoxy) is 1. The molecular weight excluding hydrogens is 443 g/mol. The third-order valence-electron chi connectivity index (χ3n) is 4.72. The molecule has 3 rings (SSSR count). The van der Waals surface area contributed by atoms with Crippen molar-refractivity contribution in [2.24, 2.45) is 0 Å². The second-order valence-electron chi connectivity index (χ2n) is 7.10. The molecule has 0 amide bonds. The lowest BCUT2D eigenvalue weighted by atomic mass is 10.1. The van der Waals surface area contributed by atoms with E-state index in [9.17, 15) is 9.18 Å². The number of carbonyl (C=O) groups is 1. The van der Waals surface area contributed by atoms with Crippen LogP contribution in [0, 0.1) is 5.82 Å². The molecule has 0 unspecified atom stereocenters. The highest BCUT2D eigenvalue weighted by molar-refractivity contribution is 9.10. The lowest BCUT2D eigenvalue weighted by molar-refractivity contribution is -0.114. The maximum atomic E-state index is 13.2. The van der Waals surface area contributed by atoms with Crippen LogP contribution in [0.1, 0.15) is 36.0 Å². The van der Waals surface area contributed by atoms with E-state index in [1.807, 2.05) is 42.5 Å². The standard InChI is InChI=1S/C26H24BrFO2/c27-25-18-21(13-17-26(25)28)10-14-23(29)9-5-4-6-20-11-15-24(16-12-20)30-19-22-7-2-1-3-8-22/h1-3,7-8,10-18H,4-6,9,19H2/b14-10+. The normalized spacial score (nSPS) is 11.0. The van der Waals surface area contributed by atoms with Crippen LogP contribution < -0.4 is 4.74 Å². The smallest absolute Gasteiger partial charge is 0.155 e. The monoisotopic (exact) mass is 466 g/mol. The molecule has 0 N–H and O–H groups in total. The Morgan fingerprint density at radius 1 is 0.933 bits per heavy atom. The van der Waals surface area contributed by atoms with E-state index < -0.39 is 0 Å². The minimum absolute atomic E-state index is 0.0834. The Morgan fingerprint density at radius 3 is 2.43 bits per heavy atom. The van der Waals surface area contributed by atoms with Gasteiger partial charge in [0.1, 0.15) is 18.2 Å². The largest absolute Gasteiger partial charge is 0.489 e. The van der Waals surface area contributed by atoms with E-state index in [4.69, 9.17) is 4.74 Å². The maximum absolute atomic E-state index is 13.2.